The second-order valence-electron chi connectivity index (χ2n) is 5.72. The third-order valence-corrected chi connectivity index (χ3v) is 4.07. The van der Waals surface area contributed by atoms with Crippen molar-refractivity contribution in [2.75, 3.05) is 19.7 Å². The number of amides is 1. The molecule has 0 unspecified atom stereocenters. The molecule has 1 fully saturated rings. The van der Waals surface area contributed by atoms with E-state index < -0.39 is 5.82 Å². The van der Waals surface area contributed by atoms with Gasteiger partial charge in [-0.15, -0.1) is 5.10 Å². The number of carbonyl (C=O) groups excluding carboxylic acids is 1. The summed E-state index contributed by atoms with van der Waals surface area (Å²) in [4.78, 5) is 14.0. The number of carbonyl (C=O) groups is 1. The van der Waals surface area contributed by atoms with Crippen LogP contribution in [0, 0.1) is 12.7 Å². The van der Waals surface area contributed by atoms with Crippen molar-refractivity contribution in [2.24, 2.45) is 0 Å². The van der Waals surface area contributed by atoms with E-state index >= 15 is 0 Å². The van der Waals surface area contributed by atoms with Crippen molar-refractivity contribution >= 4 is 5.91 Å². The van der Waals surface area contributed by atoms with Crippen LogP contribution in [0.1, 0.15) is 24.4 Å². The Morgan fingerprint density at radius 3 is 2.87 bits per heavy atom. The van der Waals surface area contributed by atoms with Crippen LogP contribution in [0.15, 0.2) is 30.6 Å². The molecule has 23 heavy (non-hydrogen) atoms. The van der Waals surface area contributed by atoms with Gasteiger partial charge in [0, 0.05) is 19.3 Å². The number of hydrogen-bond acceptors (Lipinski definition) is 4. The normalized spacial score (nSPS) is 15.7. The number of nitrogens with zero attached hydrogens (tertiary/aromatic N) is 4. The van der Waals surface area contributed by atoms with Gasteiger partial charge in [0.15, 0.2) is 18.2 Å². The van der Waals surface area contributed by atoms with E-state index in [2.05, 4.69) is 10.3 Å². The molecule has 3 rings (SSSR count). The van der Waals surface area contributed by atoms with Crippen molar-refractivity contribution in [2.45, 2.75) is 25.8 Å². The topological polar surface area (TPSA) is 60.2 Å². The average molecular weight is 318 g/mol. The van der Waals surface area contributed by atoms with Crippen molar-refractivity contribution in [3.8, 4) is 5.75 Å². The van der Waals surface area contributed by atoms with Crippen LogP contribution >= 0.6 is 0 Å². The molecule has 1 aromatic heterocycles. The van der Waals surface area contributed by atoms with Gasteiger partial charge in [0.25, 0.3) is 5.91 Å². The average Bonchev–Trinajstić information content (AvgIpc) is 3.10. The Bertz CT molecular complexity index is 667. The highest BCUT2D eigenvalue weighted by molar-refractivity contribution is 5.77. The van der Waals surface area contributed by atoms with Crippen LogP contribution in [-0.4, -0.2) is 45.5 Å². The summed E-state index contributed by atoms with van der Waals surface area (Å²) >= 11 is 0. The molecule has 0 aliphatic carbocycles. The molecule has 1 saturated heterocycles. The first-order chi connectivity index (χ1) is 11.1. The molecule has 2 heterocycles. The minimum absolute atomic E-state index is 0.121. The second kappa shape index (κ2) is 6.76. The van der Waals surface area contributed by atoms with Gasteiger partial charge in [0.2, 0.25) is 0 Å². The van der Waals surface area contributed by atoms with Crippen molar-refractivity contribution in [1.29, 1.82) is 0 Å². The lowest BCUT2D eigenvalue weighted by Gasteiger charge is -2.31. The van der Waals surface area contributed by atoms with Crippen molar-refractivity contribution in [1.82, 2.24) is 19.9 Å². The Morgan fingerprint density at radius 2 is 2.17 bits per heavy atom. The number of piperidine rings is 1. The highest BCUT2D eigenvalue weighted by Gasteiger charge is 2.24. The molecule has 1 amide bonds. The Balaban J connectivity index is 1.51. The summed E-state index contributed by atoms with van der Waals surface area (Å²) in [6.45, 7) is 2.99. The predicted octanol–water partition coefficient (Wildman–Crippen LogP) is 1.97. The van der Waals surface area contributed by atoms with E-state index in [1.807, 2.05) is 17.8 Å². The maximum Gasteiger partial charge on any atom is 0.260 e. The first-order valence-electron chi connectivity index (χ1n) is 7.66. The van der Waals surface area contributed by atoms with Gasteiger partial charge in [0.05, 0.1) is 12.2 Å². The number of ether oxygens (including phenoxy) is 1. The highest BCUT2D eigenvalue weighted by atomic mass is 19.1. The Labute approximate surface area is 133 Å². The number of aryl methyl sites for hydroxylation is 1. The molecular weight excluding hydrogens is 299 g/mol. The van der Waals surface area contributed by atoms with E-state index in [0.717, 1.165) is 18.4 Å². The number of aromatic nitrogens is 3. The van der Waals surface area contributed by atoms with Gasteiger partial charge in [-0.2, -0.15) is 0 Å². The van der Waals surface area contributed by atoms with Crippen molar-refractivity contribution < 1.29 is 13.9 Å². The summed E-state index contributed by atoms with van der Waals surface area (Å²) in [6.07, 6.45) is 5.15. The molecule has 6 nitrogen and oxygen atoms in total. The molecule has 2 aromatic rings. The molecule has 0 bridgehead atoms. The summed E-state index contributed by atoms with van der Waals surface area (Å²) in [5, 5.41) is 7.81. The molecule has 0 N–H and O–H groups in total. The SMILES string of the molecule is Cc1ccc(F)c(OCC(=O)N2CCC(n3ccnn3)CC2)c1. The van der Waals surface area contributed by atoms with Gasteiger partial charge in [-0.1, -0.05) is 11.3 Å². The van der Waals surface area contributed by atoms with Gasteiger partial charge < -0.3 is 9.64 Å². The standard InChI is InChI=1S/C16H19FN4O2/c1-12-2-3-14(17)15(10-12)23-11-16(22)20-7-4-13(5-8-20)21-9-6-18-19-21/h2-3,6,9-10,13H,4-5,7-8,11H2,1H3. The number of likely N-dealkylation sites (tertiary alicyclic amines) is 1. The van der Waals surface area contributed by atoms with Crippen LogP contribution in [-0.2, 0) is 4.79 Å². The molecule has 7 heteroatoms. The summed E-state index contributed by atoms with van der Waals surface area (Å²) in [5.41, 5.74) is 0.891. The lowest BCUT2D eigenvalue weighted by molar-refractivity contribution is -0.134. The van der Waals surface area contributed by atoms with E-state index in [1.54, 1.807) is 23.2 Å². The Morgan fingerprint density at radius 1 is 1.39 bits per heavy atom. The first kappa shape index (κ1) is 15.5. The van der Waals surface area contributed by atoms with Gasteiger partial charge in [-0.05, 0) is 37.5 Å². The largest absolute Gasteiger partial charge is 0.481 e. The Hall–Kier alpha value is -2.44. The Kier molecular flexibility index (Phi) is 4.55. The molecule has 0 radical (unpaired) electrons. The predicted molar refractivity (Wildman–Crippen MR) is 81.5 cm³/mol. The van der Waals surface area contributed by atoms with Crippen LogP contribution in [0.3, 0.4) is 0 Å². The smallest absolute Gasteiger partial charge is 0.260 e. The van der Waals surface area contributed by atoms with E-state index in [0.29, 0.717) is 13.1 Å². The maximum absolute atomic E-state index is 13.6. The summed E-state index contributed by atoms with van der Waals surface area (Å²) in [6, 6.07) is 4.88. The number of rotatable bonds is 4. The number of halogens is 1. The van der Waals surface area contributed by atoms with E-state index in [1.165, 1.54) is 6.07 Å². The van der Waals surface area contributed by atoms with E-state index in [9.17, 15) is 9.18 Å². The van der Waals surface area contributed by atoms with Gasteiger partial charge >= 0.3 is 0 Å². The molecule has 122 valence electrons. The summed E-state index contributed by atoms with van der Waals surface area (Å²) in [5.74, 6) is -0.452. The third-order valence-electron chi connectivity index (χ3n) is 4.07. The van der Waals surface area contributed by atoms with Crippen LogP contribution in [0.2, 0.25) is 0 Å². The van der Waals surface area contributed by atoms with Gasteiger partial charge in [-0.3, -0.25) is 4.79 Å². The summed E-state index contributed by atoms with van der Waals surface area (Å²) in [7, 11) is 0. The lowest BCUT2D eigenvalue weighted by atomic mass is 10.1. The van der Waals surface area contributed by atoms with E-state index in [-0.39, 0.29) is 24.3 Å². The van der Waals surface area contributed by atoms with Crippen LogP contribution in [0.5, 0.6) is 5.75 Å². The molecule has 0 spiro atoms. The quantitative estimate of drug-likeness (QED) is 0.865. The fourth-order valence-electron chi connectivity index (χ4n) is 2.74. The number of hydrogen-bond donors (Lipinski definition) is 0. The molecular formula is C16H19FN4O2. The van der Waals surface area contributed by atoms with Crippen molar-refractivity contribution in [3.05, 3.63) is 42.0 Å². The maximum atomic E-state index is 13.6. The zero-order valence-corrected chi connectivity index (χ0v) is 13.0. The lowest BCUT2D eigenvalue weighted by Crippen LogP contribution is -2.41. The van der Waals surface area contributed by atoms with Crippen molar-refractivity contribution in [3.63, 3.8) is 0 Å². The van der Waals surface area contributed by atoms with Crippen LogP contribution in [0.25, 0.3) is 0 Å². The number of benzene rings is 1. The molecule has 0 saturated carbocycles. The molecule has 1 aliphatic rings. The monoisotopic (exact) mass is 318 g/mol. The third kappa shape index (κ3) is 3.67. The molecule has 1 aromatic carbocycles. The van der Waals surface area contributed by atoms with Gasteiger partial charge in [0.1, 0.15) is 0 Å². The van der Waals surface area contributed by atoms with Crippen LogP contribution in [0.4, 0.5) is 4.39 Å². The fourth-order valence-corrected chi connectivity index (χ4v) is 2.74. The first-order valence-corrected chi connectivity index (χ1v) is 7.66. The fraction of sp³-hybridized carbons (Fsp3) is 0.438. The highest BCUT2D eigenvalue weighted by Crippen LogP contribution is 2.22. The molecule has 0 atom stereocenters. The zero-order valence-electron chi connectivity index (χ0n) is 13.0. The van der Waals surface area contributed by atoms with E-state index in [4.69, 9.17) is 4.74 Å². The summed E-state index contributed by atoms with van der Waals surface area (Å²) < 4.78 is 20.8. The minimum atomic E-state index is -0.451. The van der Waals surface area contributed by atoms with Gasteiger partial charge in [-0.25, -0.2) is 9.07 Å². The second-order valence-corrected chi connectivity index (χ2v) is 5.72. The molecule has 1 aliphatic heterocycles. The zero-order chi connectivity index (χ0) is 16.2. The minimum Gasteiger partial charge on any atom is -0.481 e. The van der Waals surface area contributed by atoms with Crippen LogP contribution < -0.4 is 4.74 Å².